The SMILES string of the molecule is CCCCCCCC[C@H]1CC[C@H](CCc2ccc(-c3ccc(OCCCCCCC)cn3)cc2)CC1. The largest absolute Gasteiger partial charge is 0.492 e. The van der Waals surface area contributed by atoms with Crippen LogP contribution < -0.4 is 4.74 Å². The Morgan fingerprint density at radius 2 is 1.28 bits per heavy atom. The van der Waals surface area contributed by atoms with E-state index >= 15 is 0 Å². The number of rotatable bonds is 18. The molecule has 1 heterocycles. The van der Waals surface area contributed by atoms with E-state index in [1.807, 2.05) is 6.20 Å². The predicted octanol–water partition coefficient (Wildman–Crippen LogP) is 10.6. The average Bonchev–Trinajstić information content (AvgIpc) is 2.93. The van der Waals surface area contributed by atoms with Gasteiger partial charge in [-0.1, -0.05) is 134 Å². The summed E-state index contributed by atoms with van der Waals surface area (Å²) < 4.78 is 5.87. The number of hydrogen-bond donors (Lipinski definition) is 0. The van der Waals surface area contributed by atoms with Crippen LogP contribution in [-0.4, -0.2) is 11.6 Å². The first-order chi connectivity index (χ1) is 17.8. The van der Waals surface area contributed by atoms with Gasteiger partial charge < -0.3 is 4.74 Å². The lowest BCUT2D eigenvalue weighted by Crippen LogP contribution is -2.15. The first-order valence-corrected chi connectivity index (χ1v) is 15.5. The summed E-state index contributed by atoms with van der Waals surface area (Å²) in [6, 6.07) is 13.2. The molecule has 1 aromatic heterocycles. The molecule has 0 saturated heterocycles. The Bertz CT molecular complexity index is 789. The molecule has 0 radical (unpaired) electrons. The third kappa shape index (κ3) is 11.1. The number of aryl methyl sites for hydroxylation is 1. The highest BCUT2D eigenvalue weighted by Gasteiger charge is 2.20. The number of nitrogens with zero attached hydrogens (tertiary/aromatic N) is 1. The van der Waals surface area contributed by atoms with Crippen molar-refractivity contribution >= 4 is 0 Å². The van der Waals surface area contributed by atoms with Crippen molar-refractivity contribution in [2.45, 2.75) is 129 Å². The Morgan fingerprint density at radius 3 is 1.92 bits per heavy atom. The summed E-state index contributed by atoms with van der Waals surface area (Å²) in [7, 11) is 0. The minimum absolute atomic E-state index is 0.792. The fourth-order valence-electron chi connectivity index (χ4n) is 5.77. The normalized spacial score (nSPS) is 17.8. The first-order valence-electron chi connectivity index (χ1n) is 15.5. The van der Waals surface area contributed by atoms with E-state index in [-0.39, 0.29) is 0 Å². The lowest BCUT2D eigenvalue weighted by atomic mass is 9.77. The van der Waals surface area contributed by atoms with Gasteiger partial charge in [0.1, 0.15) is 5.75 Å². The molecule has 0 spiro atoms. The maximum Gasteiger partial charge on any atom is 0.137 e. The fourth-order valence-corrected chi connectivity index (χ4v) is 5.77. The van der Waals surface area contributed by atoms with Crippen LogP contribution in [0.4, 0.5) is 0 Å². The molecule has 1 aromatic carbocycles. The minimum Gasteiger partial charge on any atom is -0.492 e. The second kappa shape index (κ2) is 17.6. The molecule has 2 heteroatoms. The number of benzene rings is 1. The Labute approximate surface area is 222 Å². The summed E-state index contributed by atoms with van der Waals surface area (Å²) in [5.41, 5.74) is 3.69. The number of hydrogen-bond acceptors (Lipinski definition) is 2. The zero-order chi connectivity index (χ0) is 25.3. The van der Waals surface area contributed by atoms with Crippen molar-refractivity contribution in [3.05, 3.63) is 48.2 Å². The van der Waals surface area contributed by atoms with Crippen LogP contribution in [0.25, 0.3) is 11.3 Å². The highest BCUT2D eigenvalue weighted by Crippen LogP contribution is 2.34. The second-order valence-electron chi connectivity index (χ2n) is 11.3. The van der Waals surface area contributed by atoms with Crippen molar-refractivity contribution < 1.29 is 4.74 Å². The molecule has 2 aromatic rings. The van der Waals surface area contributed by atoms with Crippen LogP contribution in [0.3, 0.4) is 0 Å². The molecule has 1 aliphatic rings. The smallest absolute Gasteiger partial charge is 0.137 e. The lowest BCUT2D eigenvalue weighted by Gasteiger charge is -2.28. The van der Waals surface area contributed by atoms with Crippen molar-refractivity contribution in [1.29, 1.82) is 0 Å². The summed E-state index contributed by atoms with van der Waals surface area (Å²) in [6.45, 7) is 5.35. The van der Waals surface area contributed by atoms with Crippen LogP contribution in [-0.2, 0) is 6.42 Å². The number of aromatic nitrogens is 1. The molecule has 0 aliphatic heterocycles. The van der Waals surface area contributed by atoms with Gasteiger partial charge in [0, 0.05) is 5.56 Å². The number of pyridine rings is 1. The summed E-state index contributed by atoms with van der Waals surface area (Å²) in [5.74, 6) is 2.83. The molecular weight excluding hydrogens is 438 g/mol. The van der Waals surface area contributed by atoms with Gasteiger partial charge in [0.2, 0.25) is 0 Å². The van der Waals surface area contributed by atoms with E-state index in [0.717, 1.165) is 36.3 Å². The molecule has 36 heavy (non-hydrogen) atoms. The van der Waals surface area contributed by atoms with E-state index in [9.17, 15) is 0 Å². The molecule has 3 rings (SSSR count). The quantitative estimate of drug-likeness (QED) is 0.193. The maximum atomic E-state index is 5.87. The van der Waals surface area contributed by atoms with E-state index in [4.69, 9.17) is 4.74 Å². The Morgan fingerprint density at radius 1 is 0.667 bits per heavy atom. The van der Waals surface area contributed by atoms with Gasteiger partial charge in [-0.3, -0.25) is 4.98 Å². The van der Waals surface area contributed by atoms with Crippen LogP contribution in [0.2, 0.25) is 0 Å². The topological polar surface area (TPSA) is 22.1 Å². The summed E-state index contributed by atoms with van der Waals surface area (Å²) >= 11 is 0. The van der Waals surface area contributed by atoms with Crippen LogP contribution >= 0.6 is 0 Å². The van der Waals surface area contributed by atoms with Crippen LogP contribution in [0.15, 0.2) is 42.6 Å². The molecule has 0 N–H and O–H groups in total. The van der Waals surface area contributed by atoms with E-state index in [0.29, 0.717) is 0 Å². The fraction of sp³-hybridized carbons (Fsp3) is 0.676. The zero-order valence-electron chi connectivity index (χ0n) is 23.5. The van der Waals surface area contributed by atoms with Crippen molar-refractivity contribution in [3.63, 3.8) is 0 Å². The zero-order valence-corrected chi connectivity index (χ0v) is 23.5. The second-order valence-corrected chi connectivity index (χ2v) is 11.3. The Kier molecular flexibility index (Phi) is 14.0. The third-order valence-corrected chi connectivity index (χ3v) is 8.28. The van der Waals surface area contributed by atoms with Gasteiger partial charge in [-0.25, -0.2) is 0 Å². The molecule has 2 nitrogen and oxygen atoms in total. The highest BCUT2D eigenvalue weighted by atomic mass is 16.5. The van der Waals surface area contributed by atoms with Gasteiger partial charge in [-0.2, -0.15) is 0 Å². The summed E-state index contributed by atoms with van der Waals surface area (Å²) in [5, 5.41) is 0. The van der Waals surface area contributed by atoms with Gasteiger partial charge in [-0.15, -0.1) is 0 Å². The van der Waals surface area contributed by atoms with Gasteiger partial charge >= 0.3 is 0 Å². The minimum atomic E-state index is 0.792. The number of unbranched alkanes of at least 4 members (excludes halogenated alkanes) is 9. The van der Waals surface area contributed by atoms with E-state index < -0.39 is 0 Å². The predicted molar refractivity (Wildman–Crippen MR) is 156 cm³/mol. The van der Waals surface area contributed by atoms with Crippen LogP contribution in [0.5, 0.6) is 5.75 Å². The molecular formula is C34H53NO. The van der Waals surface area contributed by atoms with Crippen molar-refractivity contribution in [2.75, 3.05) is 6.61 Å². The number of ether oxygens (including phenoxy) is 1. The van der Waals surface area contributed by atoms with Gasteiger partial charge in [0.05, 0.1) is 18.5 Å². The molecule has 1 aliphatic carbocycles. The Balaban J connectivity index is 1.30. The van der Waals surface area contributed by atoms with Gasteiger partial charge in [-0.05, 0) is 48.8 Å². The molecule has 0 atom stereocenters. The summed E-state index contributed by atoms with van der Waals surface area (Å²) in [6.07, 6.45) is 26.7. The highest BCUT2D eigenvalue weighted by molar-refractivity contribution is 5.59. The average molecular weight is 492 g/mol. The summed E-state index contributed by atoms with van der Waals surface area (Å²) in [4.78, 5) is 4.65. The lowest BCUT2D eigenvalue weighted by molar-refractivity contribution is 0.248. The monoisotopic (exact) mass is 491 g/mol. The Hall–Kier alpha value is -1.83. The first kappa shape index (κ1) is 28.7. The van der Waals surface area contributed by atoms with Crippen LogP contribution in [0, 0.1) is 11.8 Å². The molecule has 200 valence electrons. The van der Waals surface area contributed by atoms with Gasteiger partial charge in [0.15, 0.2) is 0 Å². The van der Waals surface area contributed by atoms with Crippen molar-refractivity contribution in [2.24, 2.45) is 11.8 Å². The van der Waals surface area contributed by atoms with Crippen LogP contribution in [0.1, 0.15) is 129 Å². The molecule has 0 amide bonds. The maximum absolute atomic E-state index is 5.87. The molecule has 1 fully saturated rings. The van der Waals surface area contributed by atoms with E-state index in [1.165, 1.54) is 120 Å². The molecule has 1 saturated carbocycles. The van der Waals surface area contributed by atoms with Crippen molar-refractivity contribution in [1.82, 2.24) is 4.98 Å². The van der Waals surface area contributed by atoms with Crippen molar-refractivity contribution in [3.8, 4) is 17.0 Å². The molecule has 0 unspecified atom stereocenters. The standard InChI is InChI=1S/C34H53NO/c1-3-5-7-9-10-12-14-29-15-17-30(18-16-29)19-20-31-21-23-32(24-22-31)34-26-25-33(28-35-34)36-27-13-11-8-6-4-2/h21-26,28-30H,3-20,27H2,1-2H3/t29-,30-. The van der Waals surface area contributed by atoms with E-state index in [1.54, 1.807) is 0 Å². The third-order valence-electron chi connectivity index (χ3n) is 8.28. The van der Waals surface area contributed by atoms with Gasteiger partial charge in [0.25, 0.3) is 0 Å². The van der Waals surface area contributed by atoms with E-state index in [2.05, 4.69) is 55.2 Å². The molecule has 0 bridgehead atoms.